The van der Waals surface area contributed by atoms with Crippen molar-refractivity contribution < 1.29 is 13.9 Å². The molecule has 0 atom stereocenters. The Balaban J connectivity index is 1.93. The fraction of sp³-hybridized carbons (Fsp3) is 0.0625. The van der Waals surface area contributed by atoms with Gasteiger partial charge in [-0.3, -0.25) is 0 Å². The molecule has 0 radical (unpaired) electrons. The monoisotopic (exact) mass is 286 g/mol. The lowest BCUT2D eigenvalue weighted by molar-refractivity contribution is -0.138. The Morgan fingerprint density at radius 1 is 1.19 bits per heavy atom. The Hall–Kier alpha value is -2.82. The van der Waals surface area contributed by atoms with Gasteiger partial charge < -0.3 is 16.2 Å². The number of carbonyl (C=O) groups excluding carboxylic acids is 1. The molecule has 5 heteroatoms. The number of esters is 1. The van der Waals surface area contributed by atoms with Crippen LogP contribution in [-0.2, 0) is 16.1 Å². The molecule has 21 heavy (non-hydrogen) atoms. The average molecular weight is 286 g/mol. The van der Waals surface area contributed by atoms with Crippen molar-refractivity contribution in [3.63, 3.8) is 0 Å². The number of nitrogens with two attached hydrogens (primary N) is 2. The average Bonchev–Trinajstić information content (AvgIpc) is 2.44. The summed E-state index contributed by atoms with van der Waals surface area (Å²) in [5.74, 6) is -0.893. The Morgan fingerprint density at radius 3 is 2.71 bits per heavy atom. The summed E-state index contributed by atoms with van der Waals surface area (Å²) in [6, 6.07) is 10.9. The molecule has 108 valence electrons. The van der Waals surface area contributed by atoms with E-state index < -0.39 is 5.97 Å². The molecular weight excluding hydrogens is 271 g/mol. The molecule has 4 N–H and O–H groups in total. The zero-order chi connectivity index (χ0) is 15.2. The van der Waals surface area contributed by atoms with Crippen LogP contribution >= 0.6 is 0 Å². The van der Waals surface area contributed by atoms with E-state index in [1.165, 1.54) is 24.3 Å². The summed E-state index contributed by atoms with van der Waals surface area (Å²) in [4.78, 5) is 11.6. The molecule has 4 nitrogen and oxygen atoms in total. The van der Waals surface area contributed by atoms with Gasteiger partial charge in [-0.1, -0.05) is 18.2 Å². The molecule has 0 spiro atoms. The Labute approximate surface area is 121 Å². The summed E-state index contributed by atoms with van der Waals surface area (Å²) in [5, 5.41) is 0. The van der Waals surface area contributed by atoms with Crippen LogP contribution in [0, 0.1) is 5.82 Å². The van der Waals surface area contributed by atoms with Gasteiger partial charge >= 0.3 is 5.97 Å². The molecule has 2 rings (SSSR count). The second-order valence-electron chi connectivity index (χ2n) is 4.45. The van der Waals surface area contributed by atoms with Crippen LogP contribution in [0.15, 0.2) is 48.5 Å². The van der Waals surface area contributed by atoms with E-state index in [1.807, 2.05) is 0 Å². The molecule has 0 bridgehead atoms. The van der Waals surface area contributed by atoms with E-state index in [9.17, 15) is 9.18 Å². The van der Waals surface area contributed by atoms with Crippen LogP contribution in [-0.4, -0.2) is 5.97 Å². The lowest BCUT2D eigenvalue weighted by Crippen LogP contribution is -2.03. The molecular formula is C16H15FN2O2. The molecule has 2 aromatic carbocycles. The summed E-state index contributed by atoms with van der Waals surface area (Å²) in [6.45, 7) is 0.0540. The van der Waals surface area contributed by atoms with Crippen molar-refractivity contribution >= 4 is 23.4 Å². The lowest BCUT2D eigenvalue weighted by Gasteiger charge is -2.06. The van der Waals surface area contributed by atoms with E-state index in [0.717, 1.165) is 0 Å². The first kappa shape index (κ1) is 14.6. The van der Waals surface area contributed by atoms with Crippen LogP contribution < -0.4 is 11.5 Å². The molecule has 2 aromatic rings. The van der Waals surface area contributed by atoms with Gasteiger partial charge in [0.2, 0.25) is 0 Å². The van der Waals surface area contributed by atoms with E-state index in [4.69, 9.17) is 16.2 Å². The fourth-order valence-corrected chi connectivity index (χ4v) is 1.72. The van der Waals surface area contributed by atoms with Crippen LogP contribution in [0.3, 0.4) is 0 Å². The second kappa shape index (κ2) is 6.56. The SMILES string of the molecule is Nc1ccc(COC(=O)C=Cc2cccc(F)c2)c(N)c1. The first-order chi connectivity index (χ1) is 10.0. The minimum absolute atomic E-state index is 0.0540. The van der Waals surface area contributed by atoms with Crippen molar-refractivity contribution in [3.05, 3.63) is 65.5 Å². The van der Waals surface area contributed by atoms with Crippen LogP contribution in [0.5, 0.6) is 0 Å². The number of hydrogen-bond acceptors (Lipinski definition) is 4. The highest BCUT2D eigenvalue weighted by molar-refractivity contribution is 5.87. The number of hydrogen-bond donors (Lipinski definition) is 2. The first-order valence-electron chi connectivity index (χ1n) is 6.29. The van der Waals surface area contributed by atoms with Crippen molar-refractivity contribution in [3.8, 4) is 0 Å². The van der Waals surface area contributed by atoms with Gasteiger partial charge in [0.1, 0.15) is 12.4 Å². The van der Waals surface area contributed by atoms with Gasteiger partial charge in [-0.15, -0.1) is 0 Å². The van der Waals surface area contributed by atoms with E-state index in [0.29, 0.717) is 22.5 Å². The molecule has 0 aliphatic rings. The number of anilines is 2. The number of carbonyl (C=O) groups is 1. The van der Waals surface area contributed by atoms with Gasteiger partial charge in [0.25, 0.3) is 0 Å². The van der Waals surface area contributed by atoms with E-state index in [-0.39, 0.29) is 12.4 Å². The van der Waals surface area contributed by atoms with Gasteiger partial charge in [-0.25, -0.2) is 9.18 Å². The summed E-state index contributed by atoms with van der Waals surface area (Å²) in [6.07, 6.45) is 2.72. The summed E-state index contributed by atoms with van der Waals surface area (Å²) in [5.41, 5.74) is 13.6. The second-order valence-corrected chi connectivity index (χ2v) is 4.45. The third-order valence-corrected chi connectivity index (χ3v) is 2.80. The van der Waals surface area contributed by atoms with Crippen molar-refractivity contribution in [1.82, 2.24) is 0 Å². The Bertz CT molecular complexity index is 684. The third kappa shape index (κ3) is 4.35. The first-order valence-corrected chi connectivity index (χ1v) is 6.29. The van der Waals surface area contributed by atoms with E-state index in [1.54, 1.807) is 30.3 Å². The summed E-state index contributed by atoms with van der Waals surface area (Å²) >= 11 is 0. The van der Waals surface area contributed by atoms with Crippen LogP contribution in [0.25, 0.3) is 6.08 Å². The molecule has 0 saturated carbocycles. The van der Waals surface area contributed by atoms with Gasteiger partial charge in [-0.2, -0.15) is 0 Å². The quantitative estimate of drug-likeness (QED) is 0.514. The van der Waals surface area contributed by atoms with E-state index >= 15 is 0 Å². The van der Waals surface area contributed by atoms with Gasteiger partial charge in [0.05, 0.1) is 0 Å². The van der Waals surface area contributed by atoms with Crippen molar-refractivity contribution in [2.75, 3.05) is 11.5 Å². The predicted molar refractivity (Wildman–Crippen MR) is 80.5 cm³/mol. The van der Waals surface area contributed by atoms with Crippen molar-refractivity contribution in [1.29, 1.82) is 0 Å². The molecule has 0 amide bonds. The summed E-state index contributed by atoms with van der Waals surface area (Å²) < 4.78 is 18.0. The largest absolute Gasteiger partial charge is 0.458 e. The van der Waals surface area contributed by atoms with Crippen LogP contribution in [0.1, 0.15) is 11.1 Å². The number of halogens is 1. The maximum absolute atomic E-state index is 13.0. The molecule has 0 fully saturated rings. The number of nitrogen functional groups attached to an aromatic ring is 2. The third-order valence-electron chi connectivity index (χ3n) is 2.80. The van der Waals surface area contributed by atoms with Crippen LogP contribution in [0.4, 0.5) is 15.8 Å². The molecule has 0 aromatic heterocycles. The predicted octanol–water partition coefficient (Wildman–Crippen LogP) is 2.75. The zero-order valence-electron chi connectivity index (χ0n) is 11.3. The topological polar surface area (TPSA) is 78.3 Å². The molecule has 0 aliphatic heterocycles. The van der Waals surface area contributed by atoms with Gasteiger partial charge in [-0.05, 0) is 35.9 Å². The fourth-order valence-electron chi connectivity index (χ4n) is 1.72. The minimum Gasteiger partial charge on any atom is -0.458 e. The Morgan fingerprint density at radius 2 is 2.00 bits per heavy atom. The maximum atomic E-state index is 13.0. The van der Waals surface area contributed by atoms with Crippen molar-refractivity contribution in [2.45, 2.75) is 6.61 Å². The standard InChI is InChI=1S/C16H15FN2O2/c17-13-3-1-2-11(8-13)4-7-16(20)21-10-12-5-6-14(18)9-15(12)19/h1-9H,10,18-19H2. The van der Waals surface area contributed by atoms with Gasteiger partial charge in [0.15, 0.2) is 0 Å². The molecule has 0 aliphatic carbocycles. The molecule has 0 heterocycles. The van der Waals surface area contributed by atoms with E-state index in [2.05, 4.69) is 0 Å². The van der Waals surface area contributed by atoms with Gasteiger partial charge in [0, 0.05) is 23.0 Å². The highest BCUT2D eigenvalue weighted by Gasteiger charge is 2.03. The lowest BCUT2D eigenvalue weighted by atomic mass is 10.2. The molecule has 0 saturated heterocycles. The van der Waals surface area contributed by atoms with Crippen LogP contribution in [0.2, 0.25) is 0 Å². The zero-order valence-corrected chi connectivity index (χ0v) is 11.3. The van der Waals surface area contributed by atoms with Crippen molar-refractivity contribution in [2.24, 2.45) is 0 Å². The number of benzene rings is 2. The highest BCUT2D eigenvalue weighted by atomic mass is 19.1. The number of rotatable bonds is 4. The minimum atomic E-state index is -0.532. The smallest absolute Gasteiger partial charge is 0.331 e. The Kier molecular flexibility index (Phi) is 4.56. The summed E-state index contributed by atoms with van der Waals surface area (Å²) in [7, 11) is 0. The highest BCUT2D eigenvalue weighted by Crippen LogP contribution is 2.16. The number of ether oxygens (including phenoxy) is 1. The molecule has 0 unspecified atom stereocenters. The normalized spacial score (nSPS) is 10.7. The maximum Gasteiger partial charge on any atom is 0.331 e.